The first-order chi connectivity index (χ1) is 4.41. The summed E-state index contributed by atoms with van der Waals surface area (Å²) in [4.78, 5) is 0. The van der Waals surface area contributed by atoms with Crippen molar-refractivity contribution in [3.8, 4) is 0 Å². The fourth-order valence-electron chi connectivity index (χ4n) is 1.09. The van der Waals surface area contributed by atoms with E-state index < -0.39 is 0 Å². The first kappa shape index (κ1) is 9.96. The summed E-state index contributed by atoms with van der Waals surface area (Å²) in [5, 5.41) is 0. The Morgan fingerprint density at radius 1 is 1.20 bits per heavy atom. The van der Waals surface area contributed by atoms with Crippen LogP contribution < -0.4 is 5.73 Å². The van der Waals surface area contributed by atoms with E-state index in [4.69, 9.17) is 5.73 Å². The molecule has 0 aromatic carbocycles. The van der Waals surface area contributed by atoms with Crippen LogP contribution in [0.15, 0.2) is 0 Å². The summed E-state index contributed by atoms with van der Waals surface area (Å²) in [5.41, 5.74) is 5.94. The van der Waals surface area contributed by atoms with Gasteiger partial charge in [0.15, 0.2) is 0 Å². The third kappa shape index (κ3) is 2.30. The molecule has 0 aliphatic heterocycles. The molecule has 0 aromatic heterocycles. The van der Waals surface area contributed by atoms with Crippen LogP contribution in [0.4, 0.5) is 0 Å². The molecule has 0 amide bonds. The minimum atomic E-state index is 0.300. The maximum absolute atomic E-state index is 5.64. The van der Waals surface area contributed by atoms with Crippen molar-refractivity contribution in [2.24, 2.45) is 23.0 Å². The Kier molecular flexibility index (Phi) is 3.37. The highest BCUT2D eigenvalue weighted by molar-refractivity contribution is 4.77. The van der Waals surface area contributed by atoms with Gasteiger partial charge in [-0.15, -0.1) is 0 Å². The van der Waals surface area contributed by atoms with Gasteiger partial charge >= 0.3 is 0 Å². The molecular formula is C9H21N. The Labute approximate surface area is 65.0 Å². The van der Waals surface area contributed by atoms with Crippen molar-refractivity contribution in [2.45, 2.75) is 34.6 Å². The Bertz CT molecular complexity index is 94.9. The van der Waals surface area contributed by atoms with Crippen molar-refractivity contribution >= 4 is 0 Å². The van der Waals surface area contributed by atoms with Crippen LogP contribution in [0, 0.1) is 17.3 Å². The van der Waals surface area contributed by atoms with Crippen molar-refractivity contribution in [1.29, 1.82) is 0 Å². The fraction of sp³-hybridized carbons (Fsp3) is 1.00. The number of nitrogens with two attached hydrogens (primary N) is 1. The SMILES string of the molecule is CC(C)C(C)C(C)(C)CN. The van der Waals surface area contributed by atoms with Crippen LogP contribution in [0.3, 0.4) is 0 Å². The molecule has 10 heavy (non-hydrogen) atoms. The summed E-state index contributed by atoms with van der Waals surface area (Å²) in [5.74, 6) is 1.44. The van der Waals surface area contributed by atoms with E-state index in [0.717, 1.165) is 12.5 Å². The molecule has 0 saturated heterocycles. The molecule has 0 aliphatic carbocycles. The molecule has 1 nitrogen and oxygen atoms in total. The van der Waals surface area contributed by atoms with Crippen molar-refractivity contribution in [3.63, 3.8) is 0 Å². The Hall–Kier alpha value is -0.0400. The van der Waals surface area contributed by atoms with Crippen molar-refractivity contribution < 1.29 is 0 Å². The maximum Gasteiger partial charge on any atom is -0.00232 e. The average Bonchev–Trinajstić information content (AvgIpc) is 1.86. The highest BCUT2D eigenvalue weighted by Crippen LogP contribution is 2.30. The molecule has 1 unspecified atom stereocenters. The summed E-state index contributed by atoms with van der Waals surface area (Å²) in [7, 11) is 0. The third-order valence-corrected chi connectivity index (χ3v) is 2.76. The first-order valence-corrected chi connectivity index (χ1v) is 4.12. The van der Waals surface area contributed by atoms with Crippen molar-refractivity contribution in [2.75, 3.05) is 6.54 Å². The normalized spacial score (nSPS) is 15.9. The smallest absolute Gasteiger partial charge is 0.00232 e. The highest BCUT2D eigenvalue weighted by atomic mass is 14.6. The van der Waals surface area contributed by atoms with Crippen molar-refractivity contribution in [3.05, 3.63) is 0 Å². The lowest BCUT2D eigenvalue weighted by Crippen LogP contribution is -2.33. The minimum Gasteiger partial charge on any atom is -0.330 e. The zero-order chi connectivity index (χ0) is 8.36. The molecule has 0 rings (SSSR count). The lowest BCUT2D eigenvalue weighted by Gasteiger charge is -2.33. The summed E-state index contributed by atoms with van der Waals surface area (Å²) in [6, 6.07) is 0. The topological polar surface area (TPSA) is 26.0 Å². The molecule has 0 aliphatic rings. The zero-order valence-electron chi connectivity index (χ0n) is 7.94. The predicted molar refractivity (Wildman–Crippen MR) is 46.8 cm³/mol. The predicted octanol–water partition coefficient (Wildman–Crippen LogP) is 2.26. The molecule has 0 radical (unpaired) electrons. The van der Waals surface area contributed by atoms with E-state index in [2.05, 4.69) is 34.6 Å². The van der Waals surface area contributed by atoms with Crippen LogP contribution in [0.1, 0.15) is 34.6 Å². The van der Waals surface area contributed by atoms with Gasteiger partial charge in [0.1, 0.15) is 0 Å². The largest absolute Gasteiger partial charge is 0.330 e. The van der Waals surface area contributed by atoms with E-state index in [1.165, 1.54) is 0 Å². The second-order valence-corrected chi connectivity index (χ2v) is 4.23. The van der Waals surface area contributed by atoms with Crippen LogP contribution in [0.25, 0.3) is 0 Å². The highest BCUT2D eigenvalue weighted by Gasteiger charge is 2.25. The van der Waals surface area contributed by atoms with Gasteiger partial charge in [0, 0.05) is 0 Å². The van der Waals surface area contributed by atoms with Crippen molar-refractivity contribution in [1.82, 2.24) is 0 Å². The molecule has 0 fully saturated rings. The van der Waals surface area contributed by atoms with E-state index in [9.17, 15) is 0 Å². The van der Waals surface area contributed by atoms with E-state index in [1.54, 1.807) is 0 Å². The van der Waals surface area contributed by atoms with Crippen LogP contribution in [-0.2, 0) is 0 Å². The Balaban J connectivity index is 4.03. The lowest BCUT2D eigenvalue weighted by molar-refractivity contribution is 0.184. The summed E-state index contributed by atoms with van der Waals surface area (Å²) >= 11 is 0. The molecule has 0 aromatic rings. The Morgan fingerprint density at radius 3 is 1.70 bits per heavy atom. The summed E-state index contributed by atoms with van der Waals surface area (Å²) in [6.07, 6.45) is 0. The molecule has 0 heterocycles. The minimum absolute atomic E-state index is 0.300. The molecule has 1 atom stereocenters. The molecule has 0 saturated carbocycles. The van der Waals surface area contributed by atoms with Gasteiger partial charge in [0.05, 0.1) is 0 Å². The maximum atomic E-state index is 5.64. The van der Waals surface area contributed by atoms with Crippen LogP contribution in [0.2, 0.25) is 0 Å². The van der Waals surface area contributed by atoms with E-state index in [-0.39, 0.29) is 0 Å². The van der Waals surface area contributed by atoms with Crippen LogP contribution >= 0.6 is 0 Å². The van der Waals surface area contributed by atoms with Gasteiger partial charge in [0.25, 0.3) is 0 Å². The first-order valence-electron chi connectivity index (χ1n) is 4.12. The second-order valence-electron chi connectivity index (χ2n) is 4.23. The average molecular weight is 143 g/mol. The second kappa shape index (κ2) is 3.38. The van der Waals surface area contributed by atoms with Gasteiger partial charge in [-0.3, -0.25) is 0 Å². The summed E-state index contributed by atoms with van der Waals surface area (Å²) < 4.78 is 0. The number of rotatable bonds is 3. The number of hydrogen-bond acceptors (Lipinski definition) is 1. The van der Waals surface area contributed by atoms with Gasteiger partial charge in [-0.25, -0.2) is 0 Å². The quantitative estimate of drug-likeness (QED) is 0.644. The molecule has 0 bridgehead atoms. The van der Waals surface area contributed by atoms with Gasteiger partial charge in [-0.05, 0) is 23.8 Å². The number of hydrogen-bond donors (Lipinski definition) is 1. The van der Waals surface area contributed by atoms with E-state index in [1.807, 2.05) is 0 Å². The third-order valence-electron chi connectivity index (χ3n) is 2.76. The standard InChI is InChI=1S/C9H21N/c1-7(2)8(3)9(4,5)6-10/h7-8H,6,10H2,1-5H3. The van der Waals surface area contributed by atoms with E-state index in [0.29, 0.717) is 11.3 Å². The molecular weight excluding hydrogens is 122 g/mol. The van der Waals surface area contributed by atoms with Gasteiger partial charge < -0.3 is 5.73 Å². The monoisotopic (exact) mass is 143 g/mol. The lowest BCUT2D eigenvalue weighted by atomic mass is 9.74. The Morgan fingerprint density at radius 2 is 1.60 bits per heavy atom. The zero-order valence-corrected chi connectivity index (χ0v) is 7.94. The van der Waals surface area contributed by atoms with Gasteiger partial charge in [-0.2, -0.15) is 0 Å². The van der Waals surface area contributed by atoms with E-state index >= 15 is 0 Å². The molecule has 0 spiro atoms. The molecule has 1 heteroatoms. The summed E-state index contributed by atoms with van der Waals surface area (Å²) in [6.45, 7) is 12.0. The fourth-order valence-corrected chi connectivity index (χ4v) is 1.09. The van der Waals surface area contributed by atoms with Gasteiger partial charge in [-0.1, -0.05) is 34.6 Å². The van der Waals surface area contributed by atoms with Gasteiger partial charge in [0.2, 0.25) is 0 Å². The molecule has 62 valence electrons. The van der Waals surface area contributed by atoms with Crippen LogP contribution in [-0.4, -0.2) is 6.54 Å². The molecule has 2 N–H and O–H groups in total. The van der Waals surface area contributed by atoms with Crippen LogP contribution in [0.5, 0.6) is 0 Å².